The molecule has 0 fully saturated rings. The fourth-order valence-electron chi connectivity index (χ4n) is 2.79. The highest BCUT2D eigenvalue weighted by Gasteiger charge is 2.18. The Kier molecular flexibility index (Phi) is 7.89. The van der Waals surface area contributed by atoms with Gasteiger partial charge in [-0.25, -0.2) is 10.9 Å². The van der Waals surface area contributed by atoms with Crippen molar-refractivity contribution in [1.29, 1.82) is 0 Å². The average Bonchev–Trinajstić information content (AvgIpc) is 3.02. The van der Waals surface area contributed by atoms with Crippen LogP contribution in [0.25, 0.3) is 10.9 Å². The first-order valence-electron chi connectivity index (χ1n) is 8.77. The van der Waals surface area contributed by atoms with E-state index >= 15 is 0 Å². The lowest BCUT2D eigenvalue weighted by molar-refractivity contribution is -0.119. The molecule has 2 atom stereocenters. The Morgan fingerprint density at radius 1 is 1.27 bits per heavy atom. The molecule has 1 heterocycles. The second kappa shape index (κ2) is 10.1. The van der Waals surface area contributed by atoms with Gasteiger partial charge in [-0.05, 0) is 44.4 Å². The molecule has 8 N–H and O–H groups in total. The number of nitrogens with two attached hydrogens (primary N) is 2. The first-order valence-corrected chi connectivity index (χ1v) is 8.77. The van der Waals surface area contributed by atoms with Crippen LogP contribution in [0.5, 0.6) is 0 Å². The largest absolute Gasteiger partial charge is 0.361 e. The maximum Gasteiger partial charge on any atom is 0.148 e. The Hall–Kier alpha value is -2.10. The van der Waals surface area contributed by atoms with E-state index in [1.807, 2.05) is 30.5 Å². The van der Waals surface area contributed by atoms with Gasteiger partial charge in [-0.2, -0.15) is 0 Å². The van der Waals surface area contributed by atoms with Gasteiger partial charge in [0.15, 0.2) is 0 Å². The second-order valence-electron chi connectivity index (χ2n) is 6.38. The highest BCUT2D eigenvalue weighted by molar-refractivity contribution is 5.86. The minimum Gasteiger partial charge on any atom is -0.361 e. The molecule has 8 heteroatoms. The van der Waals surface area contributed by atoms with Crippen LogP contribution in [0.4, 0.5) is 0 Å². The molecule has 0 saturated carbocycles. The fraction of sp³-hybridized carbons (Fsp3) is 0.444. The number of hydrazine groups is 1. The molecule has 0 amide bonds. The number of fused-ring (bicyclic) bond motifs is 1. The molecule has 0 unspecified atom stereocenters. The highest BCUT2D eigenvalue weighted by Crippen LogP contribution is 2.19. The van der Waals surface area contributed by atoms with Crippen LogP contribution in [-0.4, -0.2) is 42.0 Å². The minimum absolute atomic E-state index is 0.00296. The van der Waals surface area contributed by atoms with E-state index in [9.17, 15) is 9.59 Å². The quantitative estimate of drug-likeness (QED) is 0.134. The molecular weight excluding hydrogens is 332 g/mol. The number of para-hydroxylation sites is 1. The third-order valence-corrected chi connectivity index (χ3v) is 4.27. The number of hydrogen-bond acceptors (Lipinski definition) is 7. The fourth-order valence-corrected chi connectivity index (χ4v) is 2.79. The van der Waals surface area contributed by atoms with Crippen LogP contribution in [-0.2, 0) is 16.0 Å². The number of hydrogen-bond donors (Lipinski definition) is 6. The first-order chi connectivity index (χ1) is 12.5. The standard InChI is InChI=1S/C18H28N6O2/c1-12(26)17(9-13-10-22-16-7-3-2-6-15(13)16)24-23-14(11-25)5-4-8-21-18(19)20/h2-3,6-7,10-11,14,17-18,21-24H,4-5,8-9,19-20H2,1H3/t14-,17-/m0/s1. The predicted octanol–water partition coefficient (Wildman–Crippen LogP) is -0.0995. The molecule has 142 valence electrons. The summed E-state index contributed by atoms with van der Waals surface area (Å²) in [6.07, 6.45) is 4.06. The zero-order valence-electron chi connectivity index (χ0n) is 15.0. The zero-order valence-corrected chi connectivity index (χ0v) is 15.0. The summed E-state index contributed by atoms with van der Waals surface area (Å²) in [5, 5.41) is 3.98. The number of nitrogens with one attached hydrogen (secondary N) is 4. The van der Waals surface area contributed by atoms with Gasteiger partial charge in [0, 0.05) is 17.1 Å². The summed E-state index contributed by atoms with van der Waals surface area (Å²) >= 11 is 0. The van der Waals surface area contributed by atoms with Crippen molar-refractivity contribution in [3.05, 3.63) is 36.0 Å². The van der Waals surface area contributed by atoms with Crippen LogP contribution >= 0.6 is 0 Å². The molecule has 0 spiro atoms. The van der Waals surface area contributed by atoms with Crippen LogP contribution in [0.1, 0.15) is 25.3 Å². The molecular formula is C18H28N6O2. The number of aldehydes is 1. The maximum absolute atomic E-state index is 12.0. The van der Waals surface area contributed by atoms with Crippen molar-refractivity contribution in [2.75, 3.05) is 6.54 Å². The molecule has 0 radical (unpaired) electrons. The van der Waals surface area contributed by atoms with Gasteiger partial charge in [-0.3, -0.25) is 10.1 Å². The Morgan fingerprint density at radius 3 is 2.73 bits per heavy atom. The lowest BCUT2D eigenvalue weighted by Gasteiger charge is -2.20. The Bertz CT molecular complexity index is 715. The smallest absolute Gasteiger partial charge is 0.148 e. The van der Waals surface area contributed by atoms with Gasteiger partial charge in [-0.1, -0.05) is 18.2 Å². The molecule has 0 aliphatic heterocycles. The van der Waals surface area contributed by atoms with Gasteiger partial charge in [-0.15, -0.1) is 0 Å². The molecule has 0 aliphatic rings. The number of ketones is 1. The van der Waals surface area contributed by atoms with E-state index in [2.05, 4.69) is 21.2 Å². The third kappa shape index (κ3) is 6.01. The van der Waals surface area contributed by atoms with Crippen molar-refractivity contribution in [3.63, 3.8) is 0 Å². The maximum atomic E-state index is 12.0. The average molecular weight is 360 g/mol. The number of aromatic amines is 1. The van der Waals surface area contributed by atoms with E-state index in [1.54, 1.807) is 0 Å². The molecule has 2 aromatic rings. The molecule has 2 rings (SSSR count). The first kappa shape index (κ1) is 20.2. The Morgan fingerprint density at radius 2 is 2.04 bits per heavy atom. The summed E-state index contributed by atoms with van der Waals surface area (Å²) in [5.74, 6) is 0.00296. The van der Waals surface area contributed by atoms with Crippen molar-refractivity contribution in [2.24, 2.45) is 11.5 Å². The second-order valence-corrected chi connectivity index (χ2v) is 6.38. The van der Waals surface area contributed by atoms with Crippen LogP contribution in [0.2, 0.25) is 0 Å². The Balaban J connectivity index is 1.89. The molecule has 0 saturated heterocycles. The molecule has 8 nitrogen and oxygen atoms in total. The van der Waals surface area contributed by atoms with E-state index in [-0.39, 0.29) is 5.78 Å². The molecule has 1 aromatic heterocycles. The van der Waals surface area contributed by atoms with E-state index in [0.717, 1.165) is 29.2 Å². The van der Waals surface area contributed by atoms with Crippen LogP contribution in [0.3, 0.4) is 0 Å². The van der Waals surface area contributed by atoms with Crippen LogP contribution in [0.15, 0.2) is 30.5 Å². The number of rotatable bonds is 12. The molecule has 0 bridgehead atoms. The minimum atomic E-state index is -0.561. The summed E-state index contributed by atoms with van der Waals surface area (Å²) in [6, 6.07) is 7.14. The zero-order chi connectivity index (χ0) is 18.9. The van der Waals surface area contributed by atoms with E-state index in [1.165, 1.54) is 6.92 Å². The number of Topliss-reactive ketones (excluding diaryl/α,β-unsaturated/α-hetero) is 1. The van der Waals surface area contributed by atoms with Crippen molar-refractivity contribution in [3.8, 4) is 0 Å². The monoisotopic (exact) mass is 360 g/mol. The lowest BCUT2D eigenvalue weighted by Crippen LogP contribution is -2.51. The SMILES string of the molecule is CC(=O)[C@H](Cc1c[nH]c2ccccc12)NN[C@H](C=O)CCCNC(N)N. The summed E-state index contributed by atoms with van der Waals surface area (Å²) in [7, 11) is 0. The van der Waals surface area contributed by atoms with Crippen molar-refractivity contribution in [1.82, 2.24) is 21.2 Å². The van der Waals surface area contributed by atoms with Crippen LogP contribution in [0, 0.1) is 0 Å². The predicted molar refractivity (Wildman–Crippen MR) is 102 cm³/mol. The summed E-state index contributed by atoms with van der Waals surface area (Å²) in [5.41, 5.74) is 18.9. The van der Waals surface area contributed by atoms with Gasteiger partial charge >= 0.3 is 0 Å². The number of H-pyrrole nitrogens is 1. The number of aromatic nitrogens is 1. The molecule has 26 heavy (non-hydrogen) atoms. The van der Waals surface area contributed by atoms with E-state index in [4.69, 9.17) is 11.5 Å². The van der Waals surface area contributed by atoms with Gasteiger partial charge in [0.25, 0.3) is 0 Å². The summed E-state index contributed by atoms with van der Waals surface area (Å²) in [4.78, 5) is 26.5. The van der Waals surface area contributed by atoms with Gasteiger partial charge in [0.2, 0.25) is 0 Å². The van der Waals surface area contributed by atoms with Crippen molar-refractivity contribution < 1.29 is 9.59 Å². The molecule has 1 aromatic carbocycles. The summed E-state index contributed by atoms with van der Waals surface area (Å²) in [6.45, 7) is 2.16. The van der Waals surface area contributed by atoms with Crippen molar-refractivity contribution >= 4 is 23.0 Å². The van der Waals surface area contributed by atoms with Gasteiger partial charge in [0.05, 0.1) is 12.1 Å². The van der Waals surface area contributed by atoms with E-state index in [0.29, 0.717) is 19.4 Å². The number of benzene rings is 1. The Labute approximate surface area is 153 Å². The van der Waals surface area contributed by atoms with Crippen LogP contribution < -0.4 is 27.6 Å². The molecule has 0 aliphatic carbocycles. The highest BCUT2D eigenvalue weighted by atomic mass is 16.1. The topological polar surface area (TPSA) is 138 Å². The number of carbonyl (C=O) groups excluding carboxylic acids is 2. The van der Waals surface area contributed by atoms with Gasteiger partial charge < -0.3 is 21.2 Å². The van der Waals surface area contributed by atoms with Crippen molar-refractivity contribution in [2.45, 2.75) is 44.6 Å². The third-order valence-electron chi connectivity index (χ3n) is 4.27. The summed E-state index contributed by atoms with van der Waals surface area (Å²) < 4.78 is 0. The van der Waals surface area contributed by atoms with Gasteiger partial charge in [0.1, 0.15) is 18.4 Å². The lowest BCUT2D eigenvalue weighted by atomic mass is 10.0. The normalized spacial score (nSPS) is 13.8. The number of carbonyl (C=O) groups is 2. The van der Waals surface area contributed by atoms with E-state index < -0.39 is 18.4 Å².